The Kier molecular flexibility index (Phi) is 13.3. The molecule has 2 saturated heterocycles. The quantitative estimate of drug-likeness (QED) is 0.126. The van der Waals surface area contributed by atoms with E-state index >= 15 is 0 Å². The van der Waals surface area contributed by atoms with Gasteiger partial charge in [-0.25, -0.2) is 15.0 Å². The summed E-state index contributed by atoms with van der Waals surface area (Å²) in [4.78, 5) is 19.0. The minimum atomic E-state index is 0.149. The average molecular weight is 734 g/mol. The highest BCUT2D eigenvalue weighted by Crippen LogP contribution is 2.37. The van der Waals surface area contributed by atoms with E-state index in [4.69, 9.17) is 5.26 Å². The highest BCUT2D eigenvalue weighted by atomic mass is 16.3. The summed E-state index contributed by atoms with van der Waals surface area (Å²) in [5.41, 5.74) is 3.66. The molecule has 2 aliphatic heterocycles. The van der Waals surface area contributed by atoms with Crippen molar-refractivity contribution in [2.45, 2.75) is 133 Å². The second kappa shape index (κ2) is 18.9. The van der Waals surface area contributed by atoms with Crippen molar-refractivity contribution in [3.05, 3.63) is 42.6 Å². The van der Waals surface area contributed by atoms with Gasteiger partial charge < -0.3 is 14.6 Å². The Hall–Kier alpha value is -4.23. The number of hydrogen-bond acceptors (Lipinski definition) is 10. The van der Waals surface area contributed by atoms with Crippen LogP contribution in [0, 0.1) is 28.8 Å². The van der Waals surface area contributed by atoms with Gasteiger partial charge in [-0.2, -0.15) is 10.5 Å². The maximum atomic E-state index is 10.2. The fourth-order valence-corrected chi connectivity index (χ4v) is 9.94. The van der Waals surface area contributed by atoms with E-state index in [9.17, 15) is 10.4 Å². The minimum Gasteiger partial charge on any atom is -0.396 e. The van der Waals surface area contributed by atoms with Gasteiger partial charge in [0, 0.05) is 69.1 Å². The molecular formula is C42H59N11O. The van der Waals surface area contributed by atoms with E-state index in [1.54, 1.807) is 6.20 Å². The molecule has 4 fully saturated rings. The standard InChI is InChI=1S/C22H31N5O.C20H28N6/c23-16-24-22-25-19-10-6-7-11-21(19)27(22)20-12-13-26(14-17(20)15-28)18-8-4-2-1-3-5-9-18;21-15-23-20-24-18-9-6-12-22-19(18)26(20)17-10-13-25(14-11-17)16-7-4-2-1-3-5-8-16/h6-7,10-11,17-18,20,28H,1-5,8-9,12-15H2,(H,24,25);6,9,12,16-17H,1-5,7-8,10-11,13-14H2,(H,23,24). The summed E-state index contributed by atoms with van der Waals surface area (Å²) in [5.74, 6) is 1.37. The second-order valence-corrected chi connectivity index (χ2v) is 16.0. The molecular weight excluding hydrogens is 675 g/mol. The Bertz CT molecular complexity index is 1850. The number of para-hydroxylation sites is 2. The molecule has 0 radical (unpaired) electrons. The molecule has 12 nitrogen and oxygen atoms in total. The second-order valence-electron chi connectivity index (χ2n) is 16.0. The number of likely N-dealkylation sites (tertiary alicyclic amines) is 2. The number of nitrogens with one attached hydrogen (secondary N) is 2. The number of fused-ring (bicyclic) bond motifs is 2. The summed E-state index contributed by atoms with van der Waals surface area (Å²) in [5, 5.41) is 34.0. The number of nitrogens with zero attached hydrogens (tertiary/aromatic N) is 9. The zero-order chi connectivity index (χ0) is 37.1. The minimum absolute atomic E-state index is 0.149. The van der Waals surface area contributed by atoms with Crippen molar-refractivity contribution in [3.8, 4) is 12.4 Å². The number of piperidine rings is 2. The maximum absolute atomic E-state index is 10.2. The predicted molar refractivity (Wildman–Crippen MR) is 214 cm³/mol. The number of aromatic nitrogens is 5. The molecule has 0 spiro atoms. The van der Waals surface area contributed by atoms with Gasteiger partial charge in [0.2, 0.25) is 11.9 Å². The first-order valence-electron chi connectivity index (χ1n) is 20.9. The normalized spacial score (nSPS) is 23.2. The molecule has 4 aliphatic rings. The average Bonchev–Trinajstić information content (AvgIpc) is 3.73. The number of aliphatic hydroxyl groups excluding tert-OH is 1. The van der Waals surface area contributed by atoms with Crippen LogP contribution in [0.25, 0.3) is 22.2 Å². The molecule has 8 rings (SSSR count). The van der Waals surface area contributed by atoms with Gasteiger partial charge in [0.25, 0.3) is 0 Å². The summed E-state index contributed by atoms with van der Waals surface area (Å²) < 4.78 is 4.29. The van der Waals surface area contributed by atoms with E-state index < -0.39 is 0 Å². The summed E-state index contributed by atoms with van der Waals surface area (Å²) in [6.45, 7) is 4.39. The first-order valence-corrected chi connectivity index (χ1v) is 20.9. The Morgan fingerprint density at radius 2 is 1.19 bits per heavy atom. The first-order chi connectivity index (χ1) is 26.7. The Balaban J connectivity index is 0.000000167. The van der Waals surface area contributed by atoms with Gasteiger partial charge in [-0.3, -0.25) is 20.1 Å². The molecule has 288 valence electrons. The number of aliphatic hydroxyl groups is 1. The van der Waals surface area contributed by atoms with Gasteiger partial charge in [0.1, 0.15) is 5.52 Å². The van der Waals surface area contributed by atoms with Crippen molar-refractivity contribution in [1.82, 2.24) is 33.9 Å². The highest BCUT2D eigenvalue weighted by Gasteiger charge is 2.35. The van der Waals surface area contributed by atoms with Crippen molar-refractivity contribution < 1.29 is 5.11 Å². The molecule has 5 heterocycles. The van der Waals surface area contributed by atoms with Crippen LogP contribution in [0.15, 0.2) is 42.6 Å². The van der Waals surface area contributed by atoms with E-state index in [1.807, 2.05) is 42.7 Å². The lowest BCUT2D eigenvalue weighted by Crippen LogP contribution is -2.47. The zero-order valence-corrected chi connectivity index (χ0v) is 32.0. The third-order valence-electron chi connectivity index (χ3n) is 12.7. The maximum Gasteiger partial charge on any atom is 0.218 e. The van der Waals surface area contributed by atoms with Gasteiger partial charge in [-0.15, -0.1) is 0 Å². The van der Waals surface area contributed by atoms with Crippen LogP contribution in [-0.4, -0.2) is 83.9 Å². The lowest BCUT2D eigenvalue weighted by Gasteiger charge is -2.43. The summed E-state index contributed by atoms with van der Waals surface area (Å²) in [6, 6.07) is 13.8. The van der Waals surface area contributed by atoms with Crippen LogP contribution in [0.2, 0.25) is 0 Å². The Morgan fingerprint density at radius 1 is 0.630 bits per heavy atom. The molecule has 0 amide bonds. The number of benzene rings is 1. The number of pyridine rings is 1. The van der Waals surface area contributed by atoms with Gasteiger partial charge in [0.15, 0.2) is 18.0 Å². The molecule has 0 bridgehead atoms. The van der Waals surface area contributed by atoms with E-state index in [0.717, 1.165) is 73.7 Å². The number of hydrogen-bond donors (Lipinski definition) is 3. The van der Waals surface area contributed by atoms with Crippen molar-refractivity contribution in [3.63, 3.8) is 0 Å². The van der Waals surface area contributed by atoms with Gasteiger partial charge >= 0.3 is 0 Å². The molecule has 12 heteroatoms. The molecule has 3 N–H and O–H groups in total. The smallest absolute Gasteiger partial charge is 0.218 e. The largest absolute Gasteiger partial charge is 0.396 e. The van der Waals surface area contributed by atoms with Crippen LogP contribution in [0.3, 0.4) is 0 Å². The topological polar surface area (TPSA) is 147 Å². The van der Waals surface area contributed by atoms with E-state index in [2.05, 4.69) is 50.6 Å². The van der Waals surface area contributed by atoms with E-state index in [1.165, 1.54) is 89.9 Å². The van der Waals surface area contributed by atoms with Gasteiger partial charge in [-0.1, -0.05) is 76.3 Å². The Labute approximate surface area is 320 Å². The molecule has 4 aromatic rings. The van der Waals surface area contributed by atoms with Crippen molar-refractivity contribution in [2.75, 3.05) is 43.4 Å². The number of rotatable bonds is 7. The van der Waals surface area contributed by atoms with Crippen LogP contribution in [0.1, 0.15) is 121 Å². The van der Waals surface area contributed by atoms with Crippen LogP contribution in [0.4, 0.5) is 11.9 Å². The number of anilines is 2. The van der Waals surface area contributed by atoms with Gasteiger partial charge in [0.05, 0.1) is 11.0 Å². The fourth-order valence-electron chi connectivity index (χ4n) is 9.94. The van der Waals surface area contributed by atoms with Crippen LogP contribution in [-0.2, 0) is 0 Å². The third-order valence-corrected chi connectivity index (χ3v) is 12.7. The number of imidazole rings is 2. The first kappa shape index (κ1) is 38.1. The number of nitriles is 2. The van der Waals surface area contributed by atoms with Crippen LogP contribution in [0.5, 0.6) is 0 Å². The van der Waals surface area contributed by atoms with Crippen LogP contribution >= 0.6 is 0 Å². The van der Waals surface area contributed by atoms with Gasteiger partial charge in [-0.05, 0) is 69.2 Å². The summed E-state index contributed by atoms with van der Waals surface area (Å²) in [6.07, 6.45) is 28.1. The molecule has 2 unspecified atom stereocenters. The SMILES string of the molecule is N#CNc1nc2ccccc2n1C1CCN(C2CCCCCCC2)CC1CO.N#CNc1nc2cccnc2n1C1CCN(C2CCCCCCC2)CC1. The molecule has 2 atom stereocenters. The fraction of sp³-hybridized carbons (Fsp3) is 0.643. The van der Waals surface area contributed by atoms with E-state index in [-0.39, 0.29) is 18.6 Å². The lowest BCUT2D eigenvalue weighted by molar-refractivity contribution is 0.0453. The highest BCUT2D eigenvalue weighted by molar-refractivity contribution is 5.79. The third kappa shape index (κ3) is 8.83. The lowest BCUT2D eigenvalue weighted by atomic mass is 9.88. The summed E-state index contributed by atoms with van der Waals surface area (Å²) >= 11 is 0. The van der Waals surface area contributed by atoms with Crippen molar-refractivity contribution in [2.24, 2.45) is 5.92 Å². The van der Waals surface area contributed by atoms with E-state index in [0.29, 0.717) is 24.0 Å². The monoisotopic (exact) mass is 733 g/mol. The Morgan fingerprint density at radius 3 is 1.83 bits per heavy atom. The molecule has 2 aliphatic carbocycles. The van der Waals surface area contributed by atoms with Crippen molar-refractivity contribution >= 4 is 34.1 Å². The molecule has 2 saturated carbocycles. The molecule has 3 aromatic heterocycles. The van der Waals surface area contributed by atoms with Crippen LogP contribution < -0.4 is 10.6 Å². The molecule has 1 aromatic carbocycles. The van der Waals surface area contributed by atoms with Crippen molar-refractivity contribution in [1.29, 1.82) is 10.5 Å². The zero-order valence-electron chi connectivity index (χ0n) is 32.0. The molecule has 54 heavy (non-hydrogen) atoms. The summed E-state index contributed by atoms with van der Waals surface area (Å²) in [7, 11) is 0. The predicted octanol–water partition coefficient (Wildman–Crippen LogP) is 7.97.